The number of amides is 1. The van der Waals surface area contributed by atoms with Gasteiger partial charge in [0, 0.05) is 17.3 Å². The standard InChI is InChI=1S/C14H12FN3O3/c1-8-12(3-2-4-13(8)16)14(19)17-10-5-9(15)6-11(7-10)18(20)21/h2-7H,16H2,1H3,(H,17,19). The first-order valence-corrected chi connectivity index (χ1v) is 6.00. The highest BCUT2D eigenvalue weighted by Crippen LogP contribution is 2.22. The maximum absolute atomic E-state index is 13.3. The van der Waals surface area contributed by atoms with Crippen molar-refractivity contribution in [3.8, 4) is 0 Å². The molecule has 0 radical (unpaired) electrons. The summed E-state index contributed by atoms with van der Waals surface area (Å²) < 4.78 is 13.3. The van der Waals surface area contributed by atoms with E-state index >= 15 is 0 Å². The van der Waals surface area contributed by atoms with E-state index in [1.54, 1.807) is 25.1 Å². The summed E-state index contributed by atoms with van der Waals surface area (Å²) in [6.07, 6.45) is 0. The van der Waals surface area contributed by atoms with Gasteiger partial charge in [-0.1, -0.05) is 6.07 Å². The van der Waals surface area contributed by atoms with Crippen LogP contribution in [0.15, 0.2) is 36.4 Å². The zero-order valence-electron chi connectivity index (χ0n) is 11.1. The number of nitrogen functional groups attached to an aromatic ring is 1. The molecule has 0 bridgehead atoms. The van der Waals surface area contributed by atoms with Gasteiger partial charge >= 0.3 is 0 Å². The third-order valence-electron chi connectivity index (χ3n) is 2.97. The number of halogens is 1. The lowest BCUT2D eigenvalue weighted by Gasteiger charge is -2.09. The molecular weight excluding hydrogens is 277 g/mol. The number of nitrogens with one attached hydrogen (secondary N) is 1. The lowest BCUT2D eigenvalue weighted by Crippen LogP contribution is -2.14. The quantitative estimate of drug-likeness (QED) is 0.515. The minimum absolute atomic E-state index is 0.00789. The molecule has 2 aromatic carbocycles. The summed E-state index contributed by atoms with van der Waals surface area (Å²) in [5.74, 6) is -1.32. The second kappa shape index (κ2) is 5.58. The molecule has 108 valence electrons. The average Bonchev–Trinajstić information content (AvgIpc) is 2.41. The molecule has 0 heterocycles. The molecular formula is C14H12FN3O3. The fraction of sp³-hybridized carbons (Fsp3) is 0.0714. The van der Waals surface area contributed by atoms with Gasteiger partial charge in [0.2, 0.25) is 0 Å². The summed E-state index contributed by atoms with van der Waals surface area (Å²) in [7, 11) is 0. The number of nitro benzene ring substituents is 1. The number of nitrogens with zero attached hydrogens (tertiary/aromatic N) is 1. The Labute approximate surface area is 119 Å². The van der Waals surface area contributed by atoms with Crippen LogP contribution in [-0.4, -0.2) is 10.8 Å². The van der Waals surface area contributed by atoms with E-state index in [9.17, 15) is 19.3 Å². The molecule has 7 heteroatoms. The van der Waals surface area contributed by atoms with Crippen LogP contribution >= 0.6 is 0 Å². The summed E-state index contributed by atoms with van der Waals surface area (Å²) in [4.78, 5) is 22.1. The Balaban J connectivity index is 2.31. The Morgan fingerprint density at radius 2 is 2.05 bits per heavy atom. The molecule has 0 aliphatic rings. The number of nitro groups is 1. The first kappa shape index (κ1) is 14.4. The van der Waals surface area contributed by atoms with E-state index in [1.807, 2.05) is 0 Å². The molecule has 3 N–H and O–H groups in total. The van der Waals surface area contributed by atoms with Crippen molar-refractivity contribution in [2.45, 2.75) is 6.92 Å². The second-order valence-electron chi connectivity index (χ2n) is 4.43. The number of non-ortho nitro benzene ring substituents is 1. The van der Waals surface area contributed by atoms with E-state index in [1.165, 1.54) is 0 Å². The monoisotopic (exact) mass is 289 g/mol. The maximum atomic E-state index is 13.3. The molecule has 0 aliphatic heterocycles. The summed E-state index contributed by atoms with van der Waals surface area (Å²) in [6, 6.07) is 7.70. The zero-order valence-corrected chi connectivity index (χ0v) is 11.1. The molecule has 0 unspecified atom stereocenters. The molecule has 21 heavy (non-hydrogen) atoms. The van der Waals surface area contributed by atoms with Gasteiger partial charge in [0.25, 0.3) is 11.6 Å². The van der Waals surface area contributed by atoms with Gasteiger partial charge in [-0.05, 0) is 30.7 Å². The minimum Gasteiger partial charge on any atom is -0.398 e. The van der Waals surface area contributed by atoms with Crippen molar-refractivity contribution in [1.29, 1.82) is 0 Å². The third kappa shape index (κ3) is 3.14. The van der Waals surface area contributed by atoms with Crippen molar-refractivity contribution in [2.75, 3.05) is 11.1 Å². The van der Waals surface area contributed by atoms with Crippen molar-refractivity contribution in [3.63, 3.8) is 0 Å². The van der Waals surface area contributed by atoms with Gasteiger partial charge in [0.1, 0.15) is 5.82 Å². The van der Waals surface area contributed by atoms with E-state index in [2.05, 4.69) is 5.32 Å². The number of hydrogen-bond acceptors (Lipinski definition) is 4. The highest BCUT2D eigenvalue weighted by atomic mass is 19.1. The van der Waals surface area contributed by atoms with Gasteiger partial charge in [-0.3, -0.25) is 14.9 Å². The van der Waals surface area contributed by atoms with Crippen LogP contribution in [0.4, 0.5) is 21.5 Å². The Morgan fingerprint density at radius 3 is 2.71 bits per heavy atom. The summed E-state index contributed by atoms with van der Waals surface area (Å²) in [5, 5.41) is 13.1. The number of carbonyl (C=O) groups excluding carboxylic acids is 1. The van der Waals surface area contributed by atoms with Crippen LogP contribution in [0.5, 0.6) is 0 Å². The highest BCUT2D eigenvalue weighted by molar-refractivity contribution is 6.06. The predicted octanol–water partition coefficient (Wildman–Crippen LogP) is 2.88. The molecule has 0 fully saturated rings. The fourth-order valence-corrected chi connectivity index (χ4v) is 1.85. The lowest BCUT2D eigenvalue weighted by atomic mass is 10.1. The van der Waals surface area contributed by atoms with Gasteiger partial charge in [-0.15, -0.1) is 0 Å². The van der Waals surface area contributed by atoms with E-state index in [0.29, 0.717) is 16.8 Å². The van der Waals surface area contributed by atoms with Crippen LogP contribution in [-0.2, 0) is 0 Å². The molecule has 0 atom stereocenters. The van der Waals surface area contributed by atoms with Crippen molar-refractivity contribution >= 4 is 23.0 Å². The van der Waals surface area contributed by atoms with E-state index in [-0.39, 0.29) is 5.69 Å². The number of carbonyl (C=O) groups is 1. The Hall–Kier alpha value is -2.96. The van der Waals surface area contributed by atoms with Gasteiger partial charge in [0.15, 0.2) is 0 Å². The Morgan fingerprint density at radius 1 is 1.33 bits per heavy atom. The van der Waals surface area contributed by atoms with Crippen molar-refractivity contribution in [3.05, 3.63) is 63.5 Å². The van der Waals surface area contributed by atoms with Crippen LogP contribution in [0, 0.1) is 22.9 Å². The first-order valence-electron chi connectivity index (χ1n) is 6.00. The van der Waals surface area contributed by atoms with Crippen LogP contribution in [0.1, 0.15) is 15.9 Å². The van der Waals surface area contributed by atoms with Gasteiger partial charge < -0.3 is 11.1 Å². The number of anilines is 2. The number of rotatable bonds is 3. The largest absolute Gasteiger partial charge is 0.398 e. The van der Waals surface area contributed by atoms with Crippen LogP contribution in [0.2, 0.25) is 0 Å². The van der Waals surface area contributed by atoms with E-state index in [4.69, 9.17) is 5.73 Å². The average molecular weight is 289 g/mol. The molecule has 0 aromatic heterocycles. The van der Waals surface area contributed by atoms with Gasteiger partial charge in [-0.2, -0.15) is 0 Å². The Bertz CT molecular complexity index is 731. The lowest BCUT2D eigenvalue weighted by molar-refractivity contribution is -0.385. The predicted molar refractivity (Wildman–Crippen MR) is 76.6 cm³/mol. The summed E-state index contributed by atoms with van der Waals surface area (Å²) >= 11 is 0. The van der Waals surface area contributed by atoms with Crippen molar-refractivity contribution in [2.24, 2.45) is 0 Å². The second-order valence-corrected chi connectivity index (χ2v) is 4.43. The number of hydrogen-bond donors (Lipinski definition) is 2. The normalized spacial score (nSPS) is 10.2. The summed E-state index contributed by atoms with van der Waals surface area (Å²) in [5.41, 5.74) is 6.64. The number of nitrogens with two attached hydrogens (primary N) is 1. The highest BCUT2D eigenvalue weighted by Gasteiger charge is 2.14. The summed E-state index contributed by atoms with van der Waals surface area (Å²) in [6.45, 7) is 1.68. The molecule has 6 nitrogen and oxygen atoms in total. The minimum atomic E-state index is -0.802. The van der Waals surface area contributed by atoms with E-state index in [0.717, 1.165) is 18.2 Å². The molecule has 0 spiro atoms. The third-order valence-corrected chi connectivity index (χ3v) is 2.97. The fourth-order valence-electron chi connectivity index (χ4n) is 1.85. The molecule has 0 saturated heterocycles. The van der Waals surface area contributed by atoms with Gasteiger partial charge in [-0.25, -0.2) is 4.39 Å². The number of benzene rings is 2. The smallest absolute Gasteiger partial charge is 0.274 e. The molecule has 0 aliphatic carbocycles. The van der Waals surface area contributed by atoms with Crippen LogP contribution in [0.3, 0.4) is 0 Å². The van der Waals surface area contributed by atoms with Gasteiger partial charge in [0.05, 0.1) is 16.7 Å². The molecule has 2 rings (SSSR count). The topological polar surface area (TPSA) is 98.3 Å². The van der Waals surface area contributed by atoms with Crippen molar-refractivity contribution in [1.82, 2.24) is 0 Å². The Kier molecular flexibility index (Phi) is 3.84. The molecule has 1 amide bonds. The van der Waals surface area contributed by atoms with Crippen LogP contribution in [0.25, 0.3) is 0 Å². The molecule has 0 saturated carbocycles. The zero-order chi connectivity index (χ0) is 15.6. The first-order chi connectivity index (χ1) is 9.88. The molecule has 2 aromatic rings. The maximum Gasteiger partial charge on any atom is 0.274 e. The SMILES string of the molecule is Cc1c(N)cccc1C(=O)Nc1cc(F)cc([N+](=O)[O-])c1. The van der Waals surface area contributed by atoms with Crippen LogP contribution < -0.4 is 11.1 Å². The van der Waals surface area contributed by atoms with Crippen molar-refractivity contribution < 1.29 is 14.1 Å². The van der Waals surface area contributed by atoms with E-state index < -0.39 is 22.3 Å².